The quantitative estimate of drug-likeness (QED) is 0.798. The van der Waals surface area contributed by atoms with Gasteiger partial charge in [0.15, 0.2) is 0 Å². The molecule has 0 unspecified atom stereocenters. The van der Waals surface area contributed by atoms with Crippen LogP contribution < -0.4 is 0 Å². The first-order valence-electron chi connectivity index (χ1n) is 3.16. The molecule has 2 nitrogen and oxygen atoms in total. The fourth-order valence-corrected chi connectivity index (χ4v) is 0.581. The van der Waals surface area contributed by atoms with E-state index in [1.54, 1.807) is 30.3 Å². The Hall–Kier alpha value is 0.274. The van der Waals surface area contributed by atoms with Crippen molar-refractivity contribution in [2.45, 2.75) is 0 Å². The topological polar surface area (TPSA) is 37.3 Å². The number of halogens is 3. The Balaban J connectivity index is 0.000000310. The molecular weight excluding hydrogens is 270 g/mol. The second-order valence-electron chi connectivity index (χ2n) is 1.89. The molecule has 1 aromatic rings. The predicted molar refractivity (Wildman–Crippen MR) is 51.0 cm³/mol. The van der Waals surface area contributed by atoms with Crippen molar-refractivity contribution >= 4 is 33.9 Å². The molecule has 1 aromatic carbocycles. The van der Waals surface area contributed by atoms with E-state index in [4.69, 9.17) is 33.0 Å². The van der Waals surface area contributed by atoms with Crippen LogP contribution in [0.15, 0.2) is 30.3 Å². The van der Waals surface area contributed by atoms with Crippen LogP contribution in [0.3, 0.4) is 0 Å². The van der Waals surface area contributed by atoms with E-state index in [1.807, 2.05) is 0 Å². The summed E-state index contributed by atoms with van der Waals surface area (Å²) in [6.07, 6.45) is 0. The number of aromatic carboxylic acids is 1. The molecule has 0 bridgehead atoms. The number of rotatable bonds is 1. The molecule has 1 rings (SSSR count). The van der Waals surface area contributed by atoms with Crippen LogP contribution in [0.5, 0.6) is 0 Å². The van der Waals surface area contributed by atoms with Crippen LogP contribution in [-0.2, 0) is 14.7 Å². The summed E-state index contributed by atoms with van der Waals surface area (Å²) in [5, 5.41) is 8.38. The summed E-state index contributed by atoms with van der Waals surface area (Å²) in [6, 6.07) is 8.30. The Morgan fingerprint density at radius 2 is 1.54 bits per heavy atom. The fourth-order valence-electron chi connectivity index (χ4n) is 0.581. The van der Waals surface area contributed by atoms with Gasteiger partial charge in [-0.3, -0.25) is 0 Å². The average molecular weight is 276 g/mol. The fraction of sp³-hybridized carbons (Fsp3) is 0. The summed E-state index contributed by atoms with van der Waals surface area (Å²) in [6.45, 7) is 0. The van der Waals surface area contributed by atoms with Crippen molar-refractivity contribution < 1.29 is 24.6 Å². The third kappa shape index (κ3) is 8.60. The standard InChI is InChI=1S/C7H6O2.3ClH.Ti/c8-7(9)6-4-2-1-3-5-6;;;;/h1-5H,(H,8,9);3*1H;/q;;;;+3/p-3. The van der Waals surface area contributed by atoms with Gasteiger partial charge in [0.05, 0.1) is 5.56 Å². The van der Waals surface area contributed by atoms with E-state index >= 15 is 0 Å². The van der Waals surface area contributed by atoms with Gasteiger partial charge >= 0.3 is 48.6 Å². The van der Waals surface area contributed by atoms with Gasteiger partial charge in [-0.25, -0.2) is 4.79 Å². The molecule has 0 radical (unpaired) electrons. The second kappa shape index (κ2) is 7.66. The van der Waals surface area contributed by atoms with Crippen LogP contribution >= 0.6 is 27.9 Å². The van der Waals surface area contributed by atoms with Gasteiger partial charge < -0.3 is 5.11 Å². The zero-order valence-corrected chi connectivity index (χ0v) is 10.2. The van der Waals surface area contributed by atoms with E-state index in [2.05, 4.69) is 0 Å². The number of hydrogen-bond acceptors (Lipinski definition) is 1. The molecule has 0 aliphatic carbocycles. The van der Waals surface area contributed by atoms with E-state index < -0.39 is 20.7 Å². The van der Waals surface area contributed by atoms with Crippen molar-refractivity contribution in [3.05, 3.63) is 35.9 Å². The molecule has 71 valence electrons. The molecule has 0 saturated carbocycles. The first-order chi connectivity index (χ1) is 6.04. The number of carboxylic acid groups (broad SMARTS) is 1. The van der Waals surface area contributed by atoms with Crippen LogP contribution in [-0.4, -0.2) is 11.1 Å². The molecule has 0 aliphatic rings. The van der Waals surface area contributed by atoms with Gasteiger partial charge in [0.25, 0.3) is 0 Å². The molecule has 0 aromatic heterocycles. The van der Waals surface area contributed by atoms with Crippen molar-refractivity contribution in [1.29, 1.82) is 0 Å². The molecule has 6 heteroatoms. The molecular formula is C7H6Cl3O2Ti. The summed E-state index contributed by atoms with van der Waals surface area (Å²) in [4.78, 5) is 10.2. The monoisotopic (exact) mass is 275 g/mol. The zero-order valence-electron chi connectivity index (χ0n) is 6.38. The van der Waals surface area contributed by atoms with Crippen LogP contribution in [0.1, 0.15) is 10.4 Å². The van der Waals surface area contributed by atoms with Crippen LogP contribution in [0.2, 0.25) is 0 Å². The third-order valence-electron chi connectivity index (χ3n) is 1.02. The summed E-state index contributed by atoms with van der Waals surface area (Å²) in [5.41, 5.74) is 0.331. The van der Waals surface area contributed by atoms with Gasteiger partial charge in [-0.2, -0.15) is 0 Å². The Morgan fingerprint density at radius 1 is 1.15 bits per heavy atom. The van der Waals surface area contributed by atoms with Crippen molar-refractivity contribution in [1.82, 2.24) is 0 Å². The normalized spacial score (nSPS) is 8.23. The van der Waals surface area contributed by atoms with Crippen LogP contribution in [0.25, 0.3) is 0 Å². The number of carbonyl (C=O) groups is 1. The number of carboxylic acids is 1. The van der Waals surface area contributed by atoms with Gasteiger partial charge in [-0.15, -0.1) is 0 Å². The van der Waals surface area contributed by atoms with Gasteiger partial charge in [0, 0.05) is 0 Å². The maximum atomic E-state index is 10.2. The van der Waals surface area contributed by atoms with E-state index in [1.165, 1.54) is 0 Å². The van der Waals surface area contributed by atoms with Crippen molar-refractivity contribution in [3.8, 4) is 0 Å². The van der Waals surface area contributed by atoms with Crippen molar-refractivity contribution in [3.63, 3.8) is 0 Å². The molecule has 0 amide bonds. The molecule has 0 aliphatic heterocycles. The van der Waals surface area contributed by atoms with E-state index in [0.29, 0.717) is 5.56 Å². The molecule has 0 atom stereocenters. The minimum atomic E-state index is -1.92. The second-order valence-corrected chi connectivity index (χ2v) is 9.62. The first kappa shape index (κ1) is 13.3. The summed E-state index contributed by atoms with van der Waals surface area (Å²) in [5.74, 6) is -0.879. The van der Waals surface area contributed by atoms with E-state index in [0.717, 1.165) is 0 Å². The number of benzene rings is 1. The van der Waals surface area contributed by atoms with Gasteiger partial charge in [0.2, 0.25) is 0 Å². The van der Waals surface area contributed by atoms with E-state index in [9.17, 15) is 4.79 Å². The Bertz CT molecular complexity index is 250. The van der Waals surface area contributed by atoms with Crippen molar-refractivity contribution in [2.75, 3.05) is 0 Å². The Labute approximate surface area is 93.9 Å². The summed E-state index contributed by atoms with van der Waals surface area (Å²) < 4.78 is 0. The average Bonchev–Trinajstić information content (AvgIpc) is 2.05. The van der Waals surface area contributed by atoms with Crippen molar-refractivity contribution in [2.24, 2.45) is 0 Å². The molecule has 0 heterocycles. The van der Waals surface area contributed by atoms with Gasteiger partial charge in [-0.1, -0.05) is 18.2 Å². The first-order valence-corrected chi connectivity index (χ1v) is 9.60. The molecule has 0 fully saturated rings. The Morgan fingerprint density at radius 3 is 1.77 bits per heavy atom. The maximum absolute atomic E-state index is 10.2. The molecule has 13 heavy (non-hydrogen) atoms. The zero-order chi connectivity index (χ0) is 10.3. The van der Waals surface area contributed by atoms with Gasteiger partial charge in [-0.05, 0) is 12.1 Å². The van der Waals surface area contributed by atoms with E-state index in [-0.39, 0.29) is 0 Å². The molecule has 0 saturated heterocycles. The summed E-state index contributed by atoms with van der Waals surface area (Å²) in [7, 11) is 14.9. The summed E-state index contributed by atoms with van der Waals surface area (Å²) >= 11 is -1.92. The van der Waals surface area contributed by atoms with Crippen LogP contribution in [0.4, 0.5) is 0 Å². The molecule has 1 N–H and O–H groups in total. The Kier molecular flexibility index (Phi) is 7.82. The third-order valence-corrected chi connectivity index (χ3v) is 1.02. The SMILES string of the molecule is O=C(O)c1ccccc1.[Cl][Ti]([Cl])[Cl]. The predicted octanol–water partition coefficient (Wildman–Crippen LogP) is 3.45. The van der Waals surface area contributed by atoms with Gasteiger partial charge in [0.1, 0.15) is 0 Å². The minimum absolute atomic E-state index is 0.331. The number of hydrogen-bond donors (Lipinski definition) is 1. The molecule has 0 spiro atoms. The van der Waals surface area contributed by atoms with Crippen LogP contribution in [0, 0.1) is 0 Å².